The van der Waals surface area contributed by atoms with E-state index in [9.17, 15) is 9.59 Å². The largest absolute Gasteiger partial charge is 0.341 e. The van der Waals surface area contributed by atoms with Gasteiger partial charge in [0.1, 0.15) is 6.04 Å². The summed E-state index contributed by atoms with van der Waals surface area (Å²) >= 11 is 1.62. The number of likely N-dealkylation sites (tertiary alicyclic amines) is 1. The van der Waals surface area contributed by atoms with Crippen LogP contribution in [-0.2, 0) is 17.6 Å². The highest BCUT2D eigenvalue weighted by Gasteiger charge is 2.40. The predicted octanol–water partition coefficient (Wildman–Crippen LogP) is 2.43. The molecular weight excluding hydrogens is 334 g/mol. The predicted molar refractivity (Wildman–Crippen MR) is 101 cm³/mol. The lowest BCUT2D eigenvalue weighted by molar-refractivity contribution is -0.134. The van der Waals surface area contributed by atoms with E-state index in [-0.39, 0.29) is 17.9 Å². The van der Waals surface area contributed by atoms with Crippen LogP contribution < -0.4 is 5.73 Å². The van der Waals surface area contributed by atoms with E-state index < -0.39 is 6.04 Å². The van der Waals surface area contributed by atoms with Crippen LogP contribution in [-0.4, -0.2) is 53.3 Å². The Balaban J connectivity index is 1.81. The zero-order chi connectivity index (χ0) is 18.0. The molecule has 1 fully saturated rings. The van der Waals surface area contributed by atoms with Crippen LogP contribution in [0.1, 0.15) is 59.6 Å². The van der Waals surface area contributed by atoms with E-state index in [2.05, 4.69) is 6.07 Å². The lowest BCUT2D eigenvalue weighted by atomic mass is 10.1. The molecule has 3 rings (SSSR count). The number of carbonyl (C=O) groups is 2. The molecule has 0 aromatic carbocycles. The maximum Gasteiger partial charge on any atom is 0.264 e. The number of aryl methyl sites for hydroxylation is 2. The Morgan fingerprint density at radius 3 is 2.68 bits per heavy atom. The first kappa shape index (κ1) is 18.4. The van der Waals surface area contributed by atoms with E-state index in [1.54, 1.807) is 21.1 Å². The standard InChI is InChI=1S/C19H29N3O2S/c1-3-21(4-2)18(23)15-11-14(20)12-22(15)19(24)17-10-13-8-6-5-7-9-16(13)25-17/h10,14-15H,3-9,11-12,20H2,1-2H3/t14-,15+/m1/s1. The van der Waals surface area contributed by atoms with E-state index in [4.69, 9.17) is 5.73 Å². The van der Waals surface area contributed by atoms with E-state index in [0.717, 1.165) is 17.7 Å². The Labute approximate surface area is 154 Å². The fourth-order valence-corrected chi connectivity index (χ4v) is 5.20. The molecule has 2 amide bonds. The lowest BCUT2D eigenvalue weighted by Crippen LogP contribution is -2.47. The molecule has 5 nitrogen and oxygen atoms in total. The summed E-state index contributed by atoms with van der Waals surface area (Å²) < 4.78 is 0. The molecule has 2 aliphatic rings. The van der Waals surface area contributed by atoms with Crippen LogP contribution in [0.2, 0.25) is 0 Å². The van der Waals surface area contributed by atoms with Gasteiger partial charge in [0.25, 0.3) is 5.91 Å². The summed E-state index contributed by atoms with van der Waals surface area (Å²) in [6.07, 6.45) is 6.39. The number of amides is 2. The highest BCUT2D eigenvalue weighted by molar-refractivity contribution is 7.14. The van der Waals surface area contributed by atoms with Crippen molar-refractivity contribution in [3.05, 3.63) is 21.4 Å². The van der Waals surface area contributed by atoms with Gasteiger partial charge in [-0.1, -0.05) is 6.42 Å². The van der Waals surface area contributed by atoms with Gasteiger partial charge in [-0.05, 0) is 57.6 Å². The third-order valence-corrected chi connectivity index (χ3v) is 6.64. The Kier molecular flexibility index (Phi) is 5.79. The highest BCUT2D eigenvalue weighted by Crippen LogP contribution is 2.31. The summed E-state index contributed by atoms with van der Waals surface area (Å²) in [7, 11) is 0. The first-order valence-corrected chi connectivity index (χ1v) is 10.3. The minimum atomic E-state index is -0.413. The van der Waals surface area contributed by atoms with Gasteiger partial charge in [0.2, 0.25) is 5.91 Å². The molecule has 6 heteroatoms. The summed E-state index contributed by atoms with van der Waals surface area (Å²) in [6, 6.07) is 1.53. The molecule has 1 aromatic heterocycles. The number of fused-ring (bicyclic) bond motifs is 1. The Hall–Kier alpha value is -1.40. The van der Waals surface area contributed by atoms with Gasteiger partial charge in [-0.25, -0.2) is 0 Å². The van der Waals surface area contributed by atoms with E-state index in [0.29, 0.717) is 26.1 Å². The van der Waals surface area contributed by atoms with E-state index >= 15 is 0 Å². The van der Waals surface area contributed by atoms with Crippen molar-refractivity contribution >= 4 is 23.2 Å². The molecule has 0 saturated carbocycles. The normalized spacial score (nSPS) is 23.2. The van der Waals surface area contributed by atoms with Gasteiger partial charge < -0.3 is 15.5 Å². The molecule has 138 valence electrons. The summed E-state index contributed by atoms with van der Waals surface area (Å²) in [5.74, 6) is 0.0148. The van der Waals surface area contributed by atoms with Crippen LogP contribution >= 0.6 is 11.3 Å². The lowest BCUT2D eigenvalue weighted by Gasteiger charge is -2.28. The number of nitrogens with two attached hydrogens (primary N) is 1. The second kappa shape index (κ2) is 7.87. The van der Waals surface area contributed by atoms with Gasteiger partial charge in [0.05, 0.1) is 4.88 Å². The second-order valence-corrected chi connectivity index (χ2v) is 8.24. The van der Waals surface area contributed by atoms with Crippen molar-refractivity contribution in [2.75, 3.05) is 19.6 Å². The average Bonchev–Trinajstić information content (AvgIpc) is 3.12. The Morgan fingerprint density at radius 2 is 1.96 bits per heavy atom. The maximum absolute atomic E-state index is 13.1. The van der Waals surface area contributed by atoms with E-state index in [1.165, 1.54) is 29.7 Å². The van der Waals surface area contributed by atoms with Crippen LogP contribution in [0.5, 0.6) is 0 Å². The number of rotatable bonds is 4. The topological polar surface area (TPSA) is 66.6 Å². The van der Waals surface area contributed by atoms with Crippen molar-refractivity contribution in [1.82, 2.24) is 9.80 Å². The smallest absolute Gasteiger partial charge is 0.264 e. The molecule has 2 heterocycles. The van der Waals surface area contributed by atoms with E-state index in [1.807, 2.05) is 13.8 Å². The van der Waals surface area contributed by atoms with Crippen LogP contribution in [0.4, 0.5) is 0 Å². The minimum Gasteiger partial charge on any atom is -0.341 e. The molecule has 0 unspecified atom stereocenters. The molecule has 0 bridgehead atoms. The van der Waals surface area contributed by atoms with Crippen LogP contribution in [0.25, 0.3) is 0 Å². The van der Waals surface area contributed by atoms with Crippen molar-refractivity contribution in [3.63, 3.8) is 0 Å². The van der Waals surface area contributed by atoms with Gasteiger partial charge in [-0.3, -0.25) is 9.59 Å². The van der Waals surface area contributed by atoms with Gasteiger partial charge in [-0.15, -0.1) is 11.3 Å². The molecule has 0 radical (unpaired) electrons. The summed E-state index contributed by atoms with van der Waals surface area (Å²) in [5.41, 5.74) is 7.44. The zero-order valence-electron chi connectivity index (χ0n) is 15.3. The number of nitrogens with zero attached hydrogens (tertiary/aromatic N) is 2. The molecule has 1 aromatic rings. The first-order valence-electron chi connectivity index (χ1n) is 9.52. The fraction of sp³-hybridized carbons (Fsp3) is 0.684. The molecule has 1 aliphatic carbocycles. The van der Waals surface area contributed by atoms with Crippen LogP contribution in [0, 0.1) is 0 Å². The number of thiophene rings is 1. The molecule has 1 saturated heterocycles. The van der Waals surface area contributed by atoms with Crippen molar-refractivity contribution in [1.29, 1.82) is 0 Å². The zero-order valence-corrected chi connectivity index (χ0v) is 16.1. The number of hydrogen-bond donors (Lipinski definition) is 1. The maximum atomic E-state index is 13.1. The van der Waals surface area contributed by atoms with Crippen molar-refractivity contribution in [2.45, 2.75) is 64.5 Å². The number of likely N-dealkylation sites (N-methyl/N-ethyl adjacent to an activating group) is 1. The third-order valence-electron chi connectivity index (χ3n) is 5.41. The molecule has 2 atom stereocenters. The second-order valence-electron chi connectivity index (χ2n) is 7.10. The summed E-state index contributed by atoms with van der Waals surface area (Å²) in [4.78, 5) is 31.6. The molecule has 25 heavy (non-hydrogen) atoms. The molecule has 1 aliphatic heterocycles. The molecule has 2 N–H and O–H groups in total. The summed E-state index contributed by atoms with van der Waals surface area (Å²) in [5, 5.41) is 0. The van der Waals surface area contributed by atoms with Gasteiger partial charge >= 0.3 is 0 Å². The monoisotopic (exact) mass is 363 g/mol. The van der Waals surface area contributed by atoms with Crippen LogP contribution in [0.15, 0.2) is 6.07 Å². The SMILES string of the molecule is CCN(CC)C(=O)[C@@H]1C[C@@H](N)CN1C(=O)c1cc2c(s1)CCCCC2. The Bertz CT molecular complexity index is 615. The summed E-state index contributed by atoms with van der Waals surface area (Å²) in [6.45, 7) is 5.74. The van der Waals surface area contributed by atoms with Gasteiger partial charge in [-0.2, -0.15) is 0 Å². The Morgan fingerprint density at radius 1 is 1.24 bits per heavy atom. The fourth-order valence-electron chi connectivity index (χ4n) is 3.99. The number of hydrogen-bond acceptors (Lipinski definition) is 4. The first-order chi connectivity index (χ1) is 12.0. The highest BCUT2D eigenvalue weighted by atomic mass is 32.1. The van der Waals surface area contributed by atoms with Crippen LogP contribution in [0.3, 0.4) is 0 Å². The van der Waals surface area contributed by atoms with Crippen molar-refractivity contribution < 1.29 is 9.59 Å². The molecular formula is C19H29N3O2S. The van der Waals surface area contributed by atoms with Crippen molar-refractivity contribution in [3.8, 4) is 0 Å². The van der Waals surface area contributed by atoms with Gasteiger partial charge in [0, 0.05) is 30.6 Å². The average molecular weight is 364 g/mol. The van der Waals surface area contributed by atoms with Crippen molar-refractivity contribution in [2.24, 2.45) is 5.73 Å². The molecule has 0 spiro atoms. The third kappa shape index (κ3) is 3.75. The quantitative estimate of drug-likeness (QED) is 0.836. The minimum absolute atomic E-state index is 0.0171. The van der Waals surface area contributed by atoms with Gasteiger partial charge in [0.15, 0.2) is 0 Å². The number of carbonyl (C=O) groups excluding carboxylic acids is 2.